The van der Waals surface area contributed by atoms with Gasteiger partial charge in [0.1, 0.15) is 23.0 Å². The SMILES string of the molecule is COC=Nc1cc(O)cc(O)c1C1C([O-])C(c2c(C)cc(O)cc2O)C1[O-]. The Morgan fingerprint density at radius 3 is 1.96 bits per heavy atom. The Labute approximate surface area is 155 Å². The van der Waals surface area contributed by atoms with E-state index in [1.807, 2.05) is 0 Å². The number of nitrogens with zero attached hydrogens (tertiary/aromatic N) is 1. The van der Waals surface area contributed by atoms with Gasteiger partial charge in [-0.2, -0.15) is 0 Å². The Bertz CT molecular complexity index is 863. The molecular formula is C19H19NO7-2. The van der Waals surface area contributed by atoms with Gasteiger partial charge in [-0.25, -0.2) is 4.99 Å². The summed E-state index contributed by atoms with van der Waals surface area (Å²) >= 11 is 0. The van der Waals surface area contributed by atoms with Crippen molar-refractivity contribution < 1.29 is 35.4 Å². The number of hydrogen-bond donors (Lipinski definition) is 4. The largest absolute Gasteiger partial charge is 0.851 e. The molecule has 1 saturated carbocycles. The van der Waals surface area contributed by atoms with Crippen molar-refractivity contribution in [1.29, 1.82) is 0 Å². The summed E-state index contributed by atoms with van der Waals surface area (Å²) < 4.78 is 4.73. The molecule has 3 rings (SSSR count). The summed E-state index contributed by atoms with van der Waals surface area (Å²) in [6.07, 6.45) is -1.84. The summed E-state index contributed by atoms with van der Waals surface area (Å²) in [6, 6.07) is 4.72. The van der Waals surface area contributed by atoms with Crippen LogP contribution in [0.3, 0.4) is 0 Å². The molecule has 0 spiro atoms. The van der Waals surface area contributed by atoms with E-state index in [1.165, 1.54) is 19.2 Å². The zero-order chi connectivity index (χ0) is 19.9. The van der Waals surface area contributed by atoms with Crippen molar-refractivity contribution in [3.05, 3.63) is 41.0 Å². The van der Waals surface area contributed by atoms with E-state index in [-0.39, 0.29) is 34.1 Å². The topological polar surface area (TPSA) is 149 Å². The molecule has 2 aromatic carbocycles. The number of aryl methyl sites for hydroxylation is 1. The molecule has 2 atom stereocenters. The number of hydrogen-bond acceptors (Lipinski definition) is 8. The van der Waals surface area contributed by atoms with Crippen molar-refractivity contribution in [2.24, 2.45) is 4.99 Å². The number of phenols is 4. The number of rotatable bonds is 4. The minimum Gasteiger partial charge on any atom is -0.851 e. The first-order valence-electron chi connectivity index (χ1n) is 8.21. The van der Waals surface area contributed by atoms with Crippen LogP contribution in [0.5, 0.6) is 23.0 Å². The fourth-order valence-corrected chi connectivity index (χ4v) is 3.69. The molecule has 0 saturated heterocycles. The van der Waals surface area contributed by atoms with Crippen LogP contribution in [-0.4, -0.2) is 46.1 Å². The lowest BCUT2D eigenvalue weighted by atomic mass is 9.62. The molecule has 2 aromatic rings. The normalized spacial score (nSPS) is 24.7. The lowest BCUT2D eigenvalue weighted by Gasteiger charge is -2.62. The van der Waals surface area contributed by atoms with E-state index in [1.54, 1.807) is 6.92 Å². The number of benzene rings is 2. The third-order valence-corrected chi connectivity index (χ3v) is 4.85. The third-order valence-electron chi connectivity index (χ3n) is 4.85. The van der Waals surface area contributed by atoms with Crippen LogP contribution in [0.4, 0.5) is 5.69 Å². The summed E-state index contributed by atoms with van der Waals surface area (Å²) in [5.41, 5.74) is 0.730. The van der Waals surface area contributed by atoms with Gasteiger partial charge >= 0.3 is 0 Å². The number of aliphatic imine (C=N–C) groups is 1. The Morgan fingerprint density at radius 1 is 0.889 bits per heavy atom. The average molecular weight is 373 g/mol. The predicted octanol–water partition coefficient (Wildman–Crippen LogP) is 0.462. The molecular weight excluding hydrogens is 354 g/mol. The van der Waals surface area contributed by atoms with Crippen molar-refractivity contribution in [3.63, 3.8) is 0 Å². The first kappa shape index (κ1) is 18.8. The van der Waals surface area contributed by atoms with Gasteiger partial charge in [0.05, 0.1) is 12.8 Å². The monoisotopic (exact) mass is 373 g/mol. The molecule has 4 N–H and O–H groups in total. The van der Waals surface area contributed by atoms with Crippen molar-refractivity contribution in [2.75, 3.05) is 7.11 Å². The molecule has 0 amide bonds. The van der Waals surface area contributed by atoms with Crippen LogP contribution >= 0.6 is 0 Å². The Hall–Kier alpha value is -2.97. The quantitative estimate of drug-likeness (QED) is 0.449. The van der Waals surface area contributed by atoms with Crippen LogP contribution in [0.2, 0.25) is 0 Å². The van der Waals surface area contributed by atoms with E-state index < -0.39 is 29.8 Å². The summed E-state index contributed by atoms with van der Waals surface area (Å²) in [6.45, 7) is 1.59. The highest BCUT2D eigenvalue weighted by molar-refractivity contribution is 5.66. The van der Waals surface area contributed by atoms with Crippen molar-refractivity contribution in [3.8, 4) is 23.0 Å². The molecule has 8 heteroatoms. The standard InChI is InChI=1S/C19H19NO7/c1-8-3-9(21)5-12(23)14(8)16-18(25)17(19(16)26)15-11(20-7-27-2)4-10(22)6-13(15)24/h3-7,16-19,21-24H,1-2H3/q-2. The maximum absolute atomic E-state index is 12.9. The molecule has 0 aromatic heterocycles. The zero-order valence-electron chi connectivity index (χ0n) is 14.7. The Balaban J connectivity index is 2.02. The smallest absolute Gasteiger partial charge is 0.174 e. The van der Waals surface area contributed by atoms with Crippen molar-refractivity contribution in [2.45, 2.75) is 31.0 Å². The van der Waals surface area contributed by atoms with Crippen molar-refractivity contribution in [1.82, 2.24) is 0 Å². The van der Waals surface area contributed by atoms with Gasteiger partial charge in [-0.05, 0) is 36.0 Å². The maximum atomic E-state index is 12.9. The van der Waals surface area contributed by atoms with E-state index in [2.05, 4.69) is 4.99 Å². The Kier molecular flexibility index (Phi) is 4.86. The second-order valence-corrected chi connectivity index (χ2v) is 6.54. The molecule has 2 unspecified atom stereocenters. The van der Waals surface area contributed by atoms with Gasteiger partial charge in [-0.1, -0.05) is 0 Å². The highest BCUT2D eigenvalue weighted by Gasteiger charge is 2.42. The van der Waals surface area contributed by atoms with E-state index in [9.17, 15) is 30.6 Å². The first-order chi connectivity index (χ1) is 12.8. The van der Waals surface area contributed by atoms with Gasteiger partial charge in [-0.15, -0.1) is 12.2 Å². The second-order valence-electron chi connectivity index (χ2n) is 6.54. The summed E-state index contributed by atoms with van der Waals surface area (Å²) in [5, 5.41) is 65.3. The molecule has 144 valence electrons. The first-order valence-corrected chi connectivity index (χ1v) is 8.21. The van der Waals surface area contributed by atoms with E-state index in [4.69, 9.17) is 4.74 Å². The van der Waals surface area contributed by atoms with Crippen LogP contribution in [0.15, 0.2) is 29.3 Å². The average Bonchev–Trinajstić information content (AvgIpc) is 2.58. The molecule has 0 bridgehead atoms. The minimum atomic E-state index is -1.45. The Morgan fingerprint density at radius 2 is 1.41 bits per heavy atom. The molecule has 1 fully saturated rings. The van der Waals surface area contributed by atoms with E-state index >= 15 is 0 Å². The van der Waals surface area contributed by atoms with Crippen LogP contribution in [0, 0.1) is 6.92 Å². The lowest BCUT2D eigenvalue weighted by Crippen LogP contribution is -2.63. The second kappa shape index (κ2) is 6.98. The van der Waals surface area contributed by atoms with Crippen LogP contribution in [0.25, 0.3) is 0 Å². The van der Waals surface area contributed by atoms with Crippen LogP contribution in [0.1, 0.15) is 28.5 Å². The van der Waals surface area contributed by atoms with Gasteiger partial charge in [-0.3, -0.25) is 0 Å². The minimum absolute atomic E-state index is 0.0354. The van der Waals surface area contributed by atoms with Gasteiger partial charge in [0, 0.05) is 23.8 Å². The molecule has 1 aliphatic rings. The third kappa shape index (κ3) is 3.13. The van der Waals surface area contributed by atoms with Crippen LogP contribution in [-0.2, 0) is 4.74 Å². The van der Waals surface area contributed by atoms with Gasteiger partial charge in [0.2, 0.25) is 0 Å². The van der Waals surface area contributed by atoms with E-state index in [0.29, 0.717) is 5.56 Å². The summed E-state index contributed by atoms with van der Waals surface area (Å²) in [7, 11) is 1.36. The van der Waals surface area contributed by atoms with Crippen LogP contribution < -0.4 is 10.2 Å². The molecule has 0 radical (unpaired) electrons. The van der Waals surface area contributed by atoms with Gasteiger partial charge in [0.15, 0.2) is 6.40 Å². The highest BCUT2D eigenvalue weighted by atomic mass is 16.5. The number of ether oxygens (including phenoxy) is 1. The maximum Gasteiger partial charge on any atom is 0.174 e. The molecule has 27 heavy (non-hydrogen) atoms. The lowest BCUT2D eigenvalue weighted by molar-refractivity contribution is -0.536. The predicted molar refractivity (Wildman–Crippen MR) is 92.5 cm³/mol. The fraction of sp³-hybridized carbons (Fsp3) is 0.316. The zero-order valence-corrected chi connectivity index (χ0v) is 14.7. The number of aromatic hydroxyl groups is 4. The molecule has 1 aliphatic carbocycles. The fourth-order valence-electron chi connectivity index (χ4n) is 3.69. The highest BCUT2D eigenvalue weighted by Crippen LogP contribution is 2.53. The summed E-state index contributed by atoms with van der Waals surface area (Å²) in [4.78, 5) is 3.94. The number of phenolic OH excluding ortho intramolecular Hbond substituents is 4. The van der Waals surface area contributed by atoms with Gasteiger partial charge < -0.3 is 35.4 Å². The number of methoxy groups -OCH3 is 1. The summed E-state index contributed by atoms with van der Waals surface area (Å²) in [5.74, 6) is -3.32. The van der Waals surface area contributed by atoms with Crippen molar-refractivity contribution >= 4 is 12.1 Å². The molecule has 8 nitrogen and oxygen atoms in total. The van der Waals surface area contributed by atoms with Gasteiger partial charge in [0.25, 0.3) is 0 Å². The molecule has 0 aliphatic heterocycles. The molecule has 0 heterocycles. The van der Waals surface area contributed by atoms with E-state index in [0.717, 1.165) is 18.5 Å².